The summed E-state index contributed by atoms with van der Waals surface area (Å²) >= 11 is 0. The van der Waals surface area contributed by atoms with Crippen LogP contribution in [0.3, 0.4) is 0 Å². The molecule has 0 bridgehead atoms. The van der Waals surface area contributed by atoms with Gasteiger partial charge in [-0.1, -0.05) is 19.9 Å². The molecule has 1 aromatic rings. The van der Waals surface area contributed by atoms with E-state index in [0.717, 1.165) is 5.69 Å². The molecule has 14 heavy (non-hydrogen) atoms. The first-order chi connectivity index (χ1) is 6.52. The van der Waals surface area contributed by atoms with Gasteiger partial charge in [-0.05, 0) is 18.9 Å². The first-order valence-electron chi connectivity index (χ1n) is 4.71. The Bertz CT molecular complexity index is 391. The fourth-order valence-corrected chi connectivity index (χ4v) is 1.43. The van der Waals surface area contributed by atoms with Crippen molar-refractivity contribution in [2.75, 3.05) is 0 Å². The van der Waals surface area contributed by atoms with E-state index in [1.54, 1.807) is 6.07 Å². The molecule has 0 N–H and O–H groups in total. The number of pyridine rings is 1. The second-order valence-electron chi connectivity index (χ2n) is 3.73. The van der Waals surface area contributed by atoms with Gasteiger partial charge in [-0.15, -0.1) is 0 Å². The predicted octanol–water partition coefficient (Wildman–Crippen LogP) is 1.56. The predicted molar refractivity (Wildman–Crippen MR) is 55.5 cm³/mol. The molecule has 1 aromatic heterocycles. The molecule has 0 atom stereocenters. The third-order valence-electron chi connectivity index (χ3n) is 2.06. The van der Waals surface area contributed by atoms with Crippen molar-refractivity contribution in [2.45, 2.75) is 33.2 Å². The van der Waals surface area contributed by atoms with Crippen molar-refractivity contribution < 1.29 is 4.79 Å². The Hall–Kier alpha value is -1.38. The van der Waals surface area contributed by atoms with Crippen molar-refractivity contribution in [3.8, 4) is 0 Å². The second kappa shape index (κ2) is 4.22. The van der Waals surface area contributed by atoms with Gasteiger partial charge in [0, 0.05) is 11.8 Å². The minimum Gasteiger partial charge on any atom is -0.305 e. The molecule has 0 spiro atoms. The van der Waals surface area contributed by atoms with Gasteiger partial charge in [0.1, 0.15) is 5.78 Å². The third kappa shape index (κ3) is 2.31. The first kappa shape index (κ1) is 10.7. The van der Waals surface area contributed by atoms with E-state index in [0.29, 0.717) is 0 Å². The average Bonchev–Trinajstić information content (AvgIpc) is 2.07. The quantitative estimate of drug-likeness (QED) is 0.730. The summed E-state index contributed by atoms with van der Waals surface area (Å²) in [6.07, 6.45) is 0. The van der Waals surface area contributed by atoms with Gasteiger partial charge in [0.05, 0.1) is 6.54 Å². The van der Waals surface area contributed by atoms with Crippen LogP contribution in [-0.2, 0) is 11.3 Å². The number of hydrogen-bond acceptors (Lipinski definition) is 2. The maximum Gasteiger partial charge on any atom is 0.251 e. The van der Waals surface area contributed by atoms with E-state index in [-0.39, 0.29) is 23.8 Å². The van der Waals surface area contributed by atoms with Gasteiger partial charge in [0.25, 0.3) is 5.56 Å². The van der Waals surface area contributed by atoms with Gasteiger partial charge < -0.3 is 4.57 Å². The number of rotatable bonds is 3. The van der Waals surface area contributed by atoms with Gasteiger partial charge in [-0.25, -0.2) is 0 Å². The maximum absolute atomic E-state index is 11.5. The normalized spacial score (nSPS) is 10.6. The van der Waals surface area contributed by atoms with Crippen LogP contribution in [0, 0.1) is 0 Å². The van der Waals surface area contributed by atoms with Crippen LogP contribution in [0.4, 0.5) is 0 Å². The Kier molecular flexibility index (Phi) is 3.23. The number of carbonyl (C=O) groups is 1. The summed E-state index contributed by atoms with van der Waals surface area (Å²) in [6, 6.07) is 5.10. The Morgan fingerprint density at radius 3 is 2.57 bits per heavy atom. The Balaban J connectivity index is 3.22. The summed E-state index contributed by atoms with van der Waals surface area (Å²) in [7, 11) is 0. The van der Waals surface area contributed by atoms with Crippen LogP contribution in [0.5, 0.6) is 0 Å². The molecule has 0 saturated carbocycles. The third-order valence-corrected chi connectivity index (χ3v) is 2.06. The number of ketones is 1. The number of nitrogens with zero attached hydrogens (tertiary/aromatic N) is 1. The van der Waals surface area contributed by atoms with Crippen LogP contribution in [0.2, 0.25) is 0 Å². The monoisotopic (exact) mass is 193 g/mol. The van der Waals surface area contributed by atoms with E-state index < -0.39 is 0 Å². The van der Waals surface area contributed by atoms with Crippen molar-refractivity contribution in [2.24, 2.45) is 0 Å². The lowest BCUT2D eigenvalue weighted by molar-refractivity contribution is -0.117. The van der Waals surface area contributed by atoms with Crippen LogP contribution in [0.1, 0.15) is 32.4 Å². The number of carbonyl (C=O) groups excluding carboxylic acids is 1. The zero-order valence-electron chi connectivity index (χ0n) is 8.78. The van der Waals surface area contributed by atoms with Crippen molar-refractivity contribution in [1.29, 1.82) is 0 Å². The van der Waals surface area contributed by atoms with E-state index >= 15 is 0 Å². The fourth-order valence-electron chi connectivity index (χ4n) is 1.43. The van der Waals surface area contributed by atoms with Gasteiger partial charge in [-0.3, -0.25) is 9.59 Å². The van der Waals surface area contributed by atoms with Crippen molar-refractivity contribution in [3.05, 3.63) is 34.2 Å². The SMILES string of the molecule is CC(=O)Cn1c(C(C)C)cccc1=O. The van der Waals surface area contributed by atoms with Gasteiger partial charge >= 0.3 is 0 Å². The molecule has 0 unspecified atom stereocenters. The Morgan fingerprint density at radius 1 is 1.43 bits per heavy atom. The molecule has 3 heteroatoms. The Labute approximate surface area is 83.4 Å². The molecule has 1 heterocycles. The molecule has 0 aliphatic heterocycles. The average molecular weight is 193 g/mol. The van der Waals surface area contributed by atoms with Crippen LogP contribution in [0.25, 0.3) is 0 Å². The number of aromatic nitrogens is 1. The number of Topliss-reactive ketones (excluding diaryl/α,β-unsaturated/α-hetero) is 1. The lowest BCUT2D eigenvalue weighted by Crippen LogP contribution is -2.25. The minimum atomic E-state index is -0.105. The smallest absolute Gasteiger partial charge is 0.251 e. The van der Waals surface area contributed by atoms with E-state index in [4.69, 9.17) is 0 Å². The maximum atomic E-state index is 11.5. The molecule has 0 fully saturated rings. The zero-order valence-corrected chi connectivity index (χ0v) is 8.78. The summed E-state index contributed by atoms with van der Waals surface area (Å²) in [5.74, 6) is 0.253. The van der Waals surface area contributed by atoms with E-state index in [1.807, 2.05) is 19.9 Å². The summed E-state index contributed by atoms with van der Waals surface area (Å²) in [4.78, 5) is 22.5. The van der Waals surface area contributed by atoms with Gasteiger partial charge in [-0.2, -0.15) is 0 Å². The molecule has 0 aliphatic rings. The summed E-state index contributed by atoms with van der Waals surface area (Å²) in [5, 5.41) is 0. The van der Waals surface area contributed by atoms with Crippen molar-refractivity contribution in [1.82, 2.24) is 4.57 Å². The van der Waals surface area contributed by atoms with Crippen LogP contribution >= 0.6 is 0 Å². The standard InChI is InChI=1S/C11H15NO2/c1-8(2)10-5-4-6-11(14)12(10)7-9(3)13/h4-6,8H,7H2,1-3H3. The molecule has 0 amide bonds. The summed E-state index contributed by atoms with van der Waals surface area (Å²) < 4.78 is 1.53. The van der Waals surface area contributed by atoms with Gasteiger partial charge in [0.2, 0.25) is 0 Å². The van der Waals surface area contributed by atoms with E-state index in [2.05, 4.69) is 0 Å². The molecule has 1 rings (SSSR count). The molecular weight excluding hydrogens is 178 g/mol. The largest absolute Gasteiger partial charge is 0.305 e. The van der Waals surface area contributed by atoms with Crippen LogP contribution in [0.15, 0.2) is 23.0 Å². The first-order valence-corrected chi connectivity index (χ1v) is 4.71. The summed E-state index contributed by atoms with van der Waals surface area (Å²) in [5.41, 5.74) is 0.805. The Morgan fingerprint density at radius 2 is 2.07 bits per heavy atom. The zero-order chi connectivity index (χ0) is 10.7. The number of hydrogen-bond donors (Lipinski definition) is 0. The minimum absolute atomic E-state index is 0.000185. The fraction of sp³-hybridized carbons (Fsp3) is 0.455. The molecule has 3 nitrogen and oxygen atoms in total. The van der Waals surface area contributed by atoms with Crippen LogP contribution in [-0.4, -0.2) is 10.4 Å². The topological polar surface area (TPSA) is 39.1 Å². The van der Waals surface area contributed by atoms with Crippen molar-refractivity contribution in [3.63, 3.8) is 0 Å². The highest BCUT2D eigenvalue weighted by Gasteiger charge is 2.08. The highest BCUT2D eigenvalue weighted by Crippen LogP contribution is 2.11. The molecular formula is C11H15NO2. The lowest BCUT2D eigenvalue weighted by atomic mass is 10.1. The lowest BCUT2D eigenvalue weighted by Gasteiger charge is -2.13. The van der Waals surface area contributed by atoms with Crippen LogP contribution < -0.4 is 5.56 Å². The highest BCUT2D eigenvalue weighted by atomic mass is 16.1. The molecule has 0 radical (unpaired) electrons. The van der Waals surface area contributed by atoms with Gasteiger partial charge in [0.15, 0.2) is 0 Å². The van der Waals surface area contributed by atoms with E-state index in [1.165, 1.54) is 17.6 Å². The molecule has 0 aromatic carbocycles. The van der Waals surface area contributed by atoms with E-state index in [9.17, 15) is 9.59 Å². The van der Waals surface area contributed by atoms with Crippen molar-refractivity contribution >= 4 is 5.78 Å². The molecule has 76 valence electrons. The highest BCUT2D eigenvalue weighted by molar-refractivity contribution is 5.75. The molecule has 0 saturated heterocycles. The summed E-state index contributed by atoms with van der Waals surface area (Å²) in [6.45, 7) is 5.67. The molecule has 0 aliphatic carbocycles. The second-order valence-corrected chi connectivity index (χ2v) is 3.73.